The highest BCUT2D eigenvalue weighted by molar-refractivity contribution is 8.00. The Morgan fingerprint density at radius 3 is 2.69 bits per heavy atom. The summed E-state index contributed by atoms with van der Waals surface area (Å²) in [5.41, 5.74) is 0.725. The monoisotopic (exact) mass is 254 g/mol. The molecule has 1 nitrogen and oxygen atoms in total. The van der Waals surface area contributed by atoms with Crippen LogP contribution in [0, 0.1) is 0 Å². The molecule has 2 rings (SSSR count). The predicted octanol–water partition coefficient (Wildman–Crippen LogP) is 4.58. The molecule has 16 heavy (non-hydrogen) atoms. The van der Waals surface area contributed by atoms with Crippen LogP contribution in [-0.2, 0) is 0 Å². The van der Waals surface area contributed by atoms with Crippen molar-refractivity contribution >= 4 is 29.6 Å². The molecule has 1 aliphatic rings. The minimum absolute atomic E-state index is 0.632. The summed E-state index contributed by atoms with van der Waals surface area (Å²) in [6.07, 6.45) is 7.34. The second-order valence-corrected chi connectivity index (χ2v) is 5.87. The fourth-order valence-electron chi connectivity index (χ4n) is 2.09. The van der Waals surface area contributed by atoms with Crippen LogP contribution >= 0.6 is 23.4 Å². The molecule has 0 radical (unpaired) electrons. The van der Waals surface area contributed by atoms with Crippen molar-refractivity contribution in [1.82, 2.24) is 0 Å². The first-order valence-electron chi connectivity index (χ1n) is 5.71. The molecule has 1 fully saturated rings. The van der Waals surface area contributed by atoms with Gasteiger partial charge in [0.05, 0.1) is 5.02 Å². The van der Waals surface area contributed by atoms with E-state index < -0.39 is 0 Å². The summed E-state index contributed by atoms with van der Waals surface area (Å²) >= 11 is 7.93. The molecule has 0 aromatic heterocycles. The first-order valence-corrected chi connectivity index (χ1v) is 6.97. The Morgan fingerprint density at radius 1 is 1.25 bits per heavy atom. The van der Waals surface area contributed by atoms with Crippen LogP contribution in [0.5, 0.6) is 0 Å². The third kappa shape index (κ3) is 2.80. The number of aldehydes is 1. The van der Waals surface area contributed by atoms with Gasteiger partial charge in [-0.3, -0.25) is 4.79 Å². The van der Waals surface area contributed by atoms with Crippen molar-refractivity contribution in [2.24, 2.45) is 0 Å². The van der Waals surface area contributed by atoms with Crippen LogP contribution in [0.4, 0.5) is 0 Å². The molecule has 0 spiro atoms. The molecule has 0 aliphatic heterocycles. The first-order chi connectivity index (χ1) is 7.81. The summed E-state index contributed by atoms with van der Waals surface area (Å²) in [7, 11) is 0. The van der Waals surface area contributed by atoms with E-state index in [0.29, 0.717) is 10.3 Å². The van der Waals surface area contributed by atoms with Crippen molar-refractivity contribution in [3.63, 3.8) is 0 Å². The Balaban J connectivity index is 2.15. The van der Waals surface area contributed by atoms with Crippen LogP contribution < -0.4 is 0 Å². The highest BCUT2D eigenvalue weighted by Gasteiger charge is 2.17. The van der Waals surface area contributed by atoms with Crippen molar-refractivity contribution < 1.29 is 4.79 Å². The van der Waals surface area contributed by atoms with Crippen molar-refractivity contribution in [3.05, 3.63) is 28.8 Å². The van der Waals surface area contributed by atoms with Gasteiger partial charge < -0.3 is 0 Å². The number of thioether (sulfide) groups is 1. The van der Waals surface area contributed by atoms with Gasteiger partial charge in [0.15, 0.2) is 6.29 Å². The minimum atomic E-state index is 0.632. The average Bonchev–Trinajstić information content (AvgIpc) is 2.33. The Kier molecular flexibility index (Phi) is 4.30. The van der Waals surface area contributed by atoms with Crippen LogP contribution in [0.25, 0.3) is 0 Å². The summed E-state index contributed by atoms with van der Waals surface area (Å²) in [4.78, 5) is 11.9. The summed E-state index contributed by atoms with van der Waals surface area (Å²) in [5.74, 6) is 0. The lowest BCUT2D eigenvalue weighted by Gasteiger charge is -2.21. The van der Waals surface area contributed by atoms with Gasteiger partial charge in [-0.1, -0.05) is 43.0 Å². The van der Waals surface area contributed by atoms with Crippen molar-refractivity contribution in [3.8, 4) is 0 Å². The summed E-state index contributed by atoms with van der Waals surface area (Å²) in [6.45, 7) is 0. The number of carbonyl (C=O) groups is 1. The fourth-order valence-corrected chi connectivity index (χ4v) is 3.74. The van der Waals surface area contributed by atoms with Gasteiger partial charge in [-0.05, 0) is 18.9 Å². The zero-order valence-electron chi connectivity index (χ0n) is 9.12. The van der Waals surface area contributed by atoms with E-state index in [1.54, 1.807) is 11.8 Å². The van der Waals surface area contributed by atoms with E-state index in [9.17, 15) is 4.79 Å². The molecule has 0 N–H and O–H groups in total. The van der Waals surface area contributed by atoms with Crippen molar-refractivity contribution in [2.45, 2.75) is 42.2 Å². The molecular formula is C13H15ClOS. The number of carbonyl (C=O) groups excluding carboxylic acids is 1. The maximum atomic E-state index is 10.9. The van der Waals surface area contributed by atoms with E-state index in [2.05, 4.69) is 0 Å². The standard InChI is InChI=1S/C13H15ClOS/c14-12-8-4-5-10(9-15)13(12)16-11-6-2-1-3-7-11/h4-5,8-9,11H,1-3,6-7H2. The average molecular weight is 255 g/mol. The second kappa shape index (κ2) is 5.74. The summed E-state index contributed by atoms with van der Waals surface area (Å²) in [6, 6.07) is 5.53. The molecular weight excluding hydrogens is 240 g/mol. The number of hydrogen-bond donors (Lipinski definition) is 0. The largest absolute Gasteiger partial charge is 0.298 e. The van der Waals surface area contributed by atoms with E-state index in [0.717, 1.165) is 16.7 Å². The minimum Gasteiger partial charge on any atom is -0.298 e. The molecule has 0 atom stereocenters. The van der Waals surface area contributed by atoms with Gasteiger partial charge in [-0.15, -0.1) is 11.8 Å². The number of hydrogen-bond acceptors (Lipinski definition) is 2. The maximum absolute atomic E-state index is 10.9. The predicted molar refractivity (Wildman–Crippen MR) is 69.6 cm³/mol. The third-order valence-electron chi connectivity index (χ3n) is 2.96. The van der Waals surface area contributed by atoms with Crippen LogP contribution in [0.15, 0.2) is 23.1 Å². The lowest BCUT2D eigenvalue weighted by atomic mass is 10.0. The molecule has 1 aromatic rings. The number of rotatable bonds is 3. The molecule has 1 saturated carbocycles. The summed E-state index contributed by atoms with van der Waals surface area (Å²) < 4.78 is 0. The zero-order chi connectivity index (χ0) is 11.4. The van der Waals surface area contributed by atoms with Crippen LogP contribution in [0.3, 0.4) is 0 Å². The molecule has 3 heteroatoms. The summed E-state index contributed by atoms with van der Waals surface area (Å²) in [5, 5.41) is 1.34. The fraction of sp³-hybridized carbons (Fsp3) is 0.462. The van der Waals surface area contributed by atoms with Gasteiger partial charge in [0, 0.05) is 15.7 Å². The Labute approximate surface area is 106 Å². The molecule has 0 heterocycles. The van der Waals surface area contributed by atoms with Gasteiger partial charge in [0.1, 0.15) is 0 Å². The number of benzene rings is 1. The van der Waals surface area contributed by atoms with Crippen LogP contribution in [-0.4, -0.2) is 11.5 Å². The van der Waals surface area contributed by atoms with E-state index in [1.165, 1.54) is 32.1 Å². The highest BCUT2D eigenvalue weighted by Crippen LogP contribution is 2.38. The van der Waals surface area contributed by atoms with Gasteiger partial charge in [-0.2, -0.15) is 0 Å². The van der Waals surface area contributed by atoms with Crippen LogP contribution in [0.1, 0.15) is 42.5 Å². The van der Waals surface area contributed by atoms with Gasteiger partial charge in [0.2, 0.25) is 0 Å². The third-order valence-corrected chi connectivity index (χ3v) is 4.88. The Hall–Kier alpha value is -0.470. The lowest BCUT2D eigenvalue weighted by molar-refractivity contribution is 0.112. The normalized spacial score (nSPS) is 17.3. The Morgan fingerprint density at radius 2 is 2.00 bits per heavy atom. The molecule has 86 valence electrons. The lowest BCUT2D eigenvalue weighted by Crippen LogP contribution is -2.08. The molecule has 0 amide bonds. The molecule has 0 unspecified atom stereocenters. The molecule has 1 aliphatic carbocycles. The van der Waals surface area contributed by atoms with E-state index >= 15 is 0 Å². The molecule has 0 bridgehead atoms. The van der Waals surface area contributed by atoms with E-state index in [4.69, 9.17) is 11.6 Å². The molecule has 0 saturated heterocycles. The molecule has 1 aromatic carbocycles. The van der Waals surface area contributed by atoms with E-state index in [1.807, 2.05) is 18.2 Å². The smallest absolute Gasteiger partial charge is 0.151 e. The highest BCUT2D eigenvalue weighted by atomic mass is 35.5. The van der Waals surface area contributed by atoms with Gasteiger partial charge in [0.25, 0.3) is 0 Å². The first kappa shape index (κ1) is 12.0. The number of halogens is 1. The van der Waals surface area contributed by atoms with Crippen molar-refractivity contribution in [1.29, 1.82) is 0 Å². The van der Waals surface area contributed by atoms with Crippen LogP contribution in [0.2, 0.25) is 5.02 Å². The van der Waals surface area contributed by atoms with Gasteiger partial charge in [-0.25, -0.2) is 0 Å². The SMILES string of the molecule is O=Cc1cccc(Cl)c1SC1CCCCC1. The quantitative estimate of drug-likeness (QED) is 0.735. The van der Waals surface area contributed by atoms with Gasteiger partial charge >= 0.3 is 0 Å². The maximum Gasteiger partial charge on any atom is 0.151 e. The van der Waals surface area contributed by atoms with E-state index in [-0.39, 0.29) is 0 Å². The Bertz CT molecular complexity index is 372. The second-order valence-electron chi connectivity index (χ2n) is 4.15. The zero-order valence-corrected chi connectivity index (χ0v) is 10.7. The van der Waals surface area contributed by atoms with Crippen molar-refractivity contribution in [2.75, 3.05) is 0 Å². The topological polar surface area (TPSA) is 17.1 Å².